The van der Waals surface area contributed by atoms with E-state index in [-0.39, 0.29) is 17.3 Å². The number of pyridine rings is 1. The van der Waals surface area contributed by atoms with Crippen molar-refractivity contribution in [2.75, 3.05) is 82.8 Å². The van der Waals surface area contributed by atoms with Crippen LogP contribution in [0.5, 0.6) is 0 Å². The fraction of sp³-hybridized carbons (Fsp3) is 0.483. The number of amides is 2. The van der Waals surface area contributed by atoms with Crippen LogP contribution < -0.4 is 21.1 Å². The molecule has 2 amide bonds. The van der Waals surface area contributed by atoms with Crippen molar-refractivity contribution in [3.63, 3.8) is 0 Å². The standard InChI is InChI=1S/C29H36F3N9O4/c1-38-7-3-9-40(11-10-38)25-5-4-20(16-23(25)35-27(43)21-18-34-26(42)17-22(21)29(30,31)32)41-19-24(36-37-41)28(44)33-6-2-8-39-12-14-45-15-13-39/h4-5,16-19H,2-3,6-15H2,1H3,(H,33,44)(H,34,42)(H,35,43). The third-order valence-electron chi connectivity index (χ3n) is 7.79. The minimum Gasteiger partial charge on any atom is -0.379 e. The first-order valence-corrected chi connectivity index (χ1v) is 14.8. The van der Waals surface area contributed by atoms with Crippen molar-refractivity contribution < 1.29 is 27.5 Å². The van der Waals surface area contributed by atoms with Crippen LogP contribution >= 0.6 is 0 Å². The van der Waals surface area contributed by atoms with Gasteiger partial charge < -0.3 is 30.2 Å². The molecule has 2 aliphatic rings. The van der Waals surface area contributed by atoms with Gasteiger partial charge in [-0.3, -0.25) is 19.3 Å². The number of alkyl halides is 3. The molecule has 2 aliphatic heterocycles. The van der Waals surface area contributed by atoms with Gasteiger partial charge in [-0.2, -0.15) is 13.2 Å². The van der Waals surface area contributed by atoms with Gasteiger partial charge in [0.25, 0.3) is 11.8 Å². The van der Waals surface area contributed by atoms with Crippen LogP contribution in [0.25, 0.3) is 5.69 Å². The van der Waals surface area contributed by atoms with E-state index in [1.807, 2.05) is 7.05 Å². The Hall–Kier alpha value is -4.28. The lowest BCUT2D eigenvalue weighted by Crippen LogP contribution is -2.38. The summed E-state index contributed by atoms with van der Waals surface area (Å²) in [4.78, 5) is 46.3. The summed E-state index contributed by atoms with van der Waals surface area (Å²) in [5.74, 6) is -1.43. The first kappa shape index (κ1) is 32.1. The van der Waals surface area contributed by atoms with E-state index in [4.69, 9.17) is 4.74 Å². The summed E-state index contributed by atoms with van der Waals surface area (Å²) in [5, 5.41) is 13.5. The highest BCUT2D eigenvalue weighted by Gasteiger charge is 2.36. The predicted octanol–water partition coefficient (Wildman–Crippen LogP) is 1.82. The highest BCUT2D eigenvalue weighted by molar-refractivity contribution is 6.07. The number of likely N-dealkylation sites (N-methyl/N-ethyl adjacent to an activating group) is 1. The van der Waals surface area contributed by atoms with Crippen LogP contribution in [-0.4, -0.2) is 114 Å². The molecule has 0 unspecified atom stereocenters. The number of aromatic nitrogens is 4. The second kappa shape index (κ2) is 14.2. The van der Waals surface area contributed by atoms with Crippen molar-refractivity contribution in [1.82, 2.24) is 35.1 Å². The zero-order chi connectivity index (χ0) is 32.0. The number of rotatable bonds is 9. The predicted molar refractivity (Wildman–Crippen MR) is 160 cm³/mol. The van der Waals surface area contributed by atoms with Crippen molar-refractivity contribution in [2.24, 2.45) is 0 Å². The molecule has 0 spiro atoms. The Bertz CT molecular complexity index is 1550. The normalized spacial score (nSPS) is 16.8. The van der Waals surface area contributed by atoms with Gasteiger partial charge in [0.05, 0.1) is 47.6 Å². The van der Waals surface area contributed by atoms with Gasteiger partial charge in [-0.1, -0.05) is 5.21 Å². The minimum atomic E-state index is -4.92. The lowest BCUT2D eigenvalue weighted by atomic mass is 10.1. The Balaban J connectivity index is 1.36. The maximum Gasteiger partial charge on any atom is 0.417 e. The Labute approximate surface area is 257 Å². The van der Waals surface area contributed by atoms with Gasteiger partial charge in [0.1, 0.15) is 0 Å². The summed E-state index contributed by atoms with van der Waals surface area (Å²) >= 11 is 0. The summed E-state index contributed by atoms with van der Waals surface area (Å²) < 4.78 is 47.8. The third kappa shape index (κ3) is 8.26. The molecule has 2 aromatic heterocycles. The van der Waals surface area contributed by atoms with E-state index >= 15 is 0 Å². The number of aromatic amines is 1. The quantitative estimate of drug-likeness (QED) is 0.302. The molecule has 1 aromatic carbocycles. The Kier molecular flexibility index (Phi) is 10.1. The number of nitrogens with zero attached hydrogens (tertiary/aromatic N) is 6. The van der Waals surface area contributed by atoms with E-state index in [0.717, 1.165) is 51.8 Å². The number of anilines is 2. The molecule has 3 aromatic rings. The first-order chi connectivity index (χ1) is 21.6. The minimum absolute atomic E-state index is 0.0923. The smallest absolute Gasteiger partial charge is 0.379 e. The molecule has 2 saturated heterocycles. The maximum absolute atomic E-state index is 13.7. The van der Waals surface area contributed by atoms with Gasteiger partial charge in [0, 0.05) is 51.5 Å². The molecule has 242 valence electrons. The third-order valence-corrected chi connectivity index (χ3v) is 7.79. The number of hydrogen-bond donors (Lipinski definition) is 3. The molecule has 0 aliphatic carbocycles. The Morgan fingerprint density at radius 2 is 1.84 bits per heavy atom. The molecule has 0 radical (unpaired) electrons. The highest BCUT2D eigenvalue weighted by Crippen LogP contribution is 2.33. The van der Waals surface area contributed by atoms with Crippen LogP contribution in [0.2, 0.25) is 0 Å². The van der Waals surface area contributed by atoms with E-state index in [0.29, 0.717) is 50.3 Å². The fourth-order valence-electron chi connectivity index (χ4n) is 5.33. The van der Waals surface area contributed by atoms with Crippen LogP contribution in [0.4, 0.5) is 24.5 Å². The van der Waals surface area contributed by atoms with Crippen molar-refractivity contribution in [3.8, 4) is 5.69 Å². The summed E-state index contributed by atoms with van der Waals surface area (Å²) in [5.41, 5.74) is -1.66. The average molecular weight is 632 g/mol. The van der Waals surface area contributed by atoms with Crippen LogP contribution in [0.1, 0.15) is 39.3 Å². The van der Waals surface area contributed by atoms with Gasteiger partial charge >= 0.3 is 6.18 Å². The fourth-order valence-corrected chi connectivity index (χ4v) is 5.33. The van der Waals surface area contributed by atoms with Crippen LogP contribution in [-0.2, 0) is 10.9 Å². The molecule has 4 heterocycles. The monoisotopic (exact) mass is 631 g/mol. The summed E-state index contributed by atoms with van der Waals surface area (Å²) in [7, 11) is 2.01. The summed E-state index contributed by atoms with van der Waals surface area (Å²) in [6, 6.07) is 5.42. The first-order valence-electron chi connectivity index (χ1n) is 14.8. The molecule has 45 heavy (non-hydrogen) atoms. The molecule has 0 bridgehead atoms. The number of halogens is 3. The van der Waals surface area contributed by atoms with Crippen LogP contribution in [0, 0.1) is 0 Å². The van der Waals surface area contributed by atoms with E-state index in [1.54, 1.807) is 18.2 Å². The number of carbonyl (C=O) groups is 2. The second-order valence-electron chi connectivity index (χ2n) is 11.0. The van der Waals surface area contributed by atoms with E-state index in [2.05, 4.69) is 40.6 Å². The average Bonchev–Trinajstić information content (AvgIpc) is 3.42. The van der Waals surface area contributed by atoms with Crippen molar-refractivity contribution in [1.29, 1.82) is 0 Å². The number of carbonyl (C=O) groups excluding carboxylic acids is 2. The lowest BCUT2D eigenvalue weighted by Gasteiger charge is -2.26. The number of benzene rings is 1. The van der Waals surface area contributed by atoms with Gasteiger partial charge in [0.15, 0.2) is 5.69 Å². The van der Waals surface area contributed by atoms with Gasteiger partial charge in [-0.15, -0.1) is 5.10 Å². The van der Waals surface area contributed by atoms with Crippen LogP contribution in [0.15, 0.2) is 41.5 Å². The highest BCUT2D eigenvalue weighted by atomic mass is 19.4. The van der Waals surface area contributed by atoms with E-state index in [1.165, 1.54) is 10.9 Å². The summed E-state index contributed by atoms with van der Waals surface area (Å²) in [6.45, 7) is 7.37. The molecule has 0 saturated carbocycles. The molecular formula is C29H36F3N9O4. The Morgan fingerprint density at radius 3 is 2.62 bits per heavy atom. The second-order valence-corrected chi connectivity index (χ2v) is 11.0. The molecule has 3 N–H and O–H groups in total. The molecular weight excluding hydrogens is 595 g/mol. The van der Waals surface area contributed by atoms with Gasteiger partial charge in [-0.25, -0.2) is 4.68 Å². The zero-order valence-electron chi connectivity index (χ0n) is 24.9. The molecule has 13 nitrogen and oxygen atoms in total. The molecule has 0 atom stereocenters. The zero-order valence-corrected chi connectivity index (χ0v) is 24.9. The summed E-state index contributed by atoms with van der Waals surface area (Å²) in [6.07, 6.45) is -1.10. The van der Waals surface area contributed by atoms with Crippen LogP contribution in [0.3, 0.4) is 0 Å². The number of nitrogens with one attached hydrogen (secondary N) is 3. The molecule has 2 fully saturated rings. The van der Waals surface area contributed by atoms with Crippen molar-refractivity contribution >= 4 is 23.2 Å². The van der Waals surface area contributed by atoms with Crippen molar-refractivity contribution in [3.05, 3.63) is 63.8 Å². The Morgan fingerprint density at radius 1 is 1.04 bits per heavy atom. The largest absolute Gasteiger partial charge is 0.417 e. The topological polar surface area (TPSA) is 141 Å². The lowest BCUT2D eigenvalue weighted by molar-refractivity contribution is -0.138. The van der Waals surface area contributed by atoms with Gasteiger partial charge in [-0.05, 0) is 51.2 Å². The SMILES string of the molecule is CN1CCCN(c2ccc(-n3cc(C(=O)NCCCN4CCOCC4)nn3)cc2NC(=O)c2c[nH]c(=O)cc2C(F)(F)F)CC1. The number of H-pyrrole nitrogens is 1. The van der Waals surface area contributed by atoms with E-state index in [9.17, 15) is 27.6 Å². The number of morpholine rings is 1. The molecule has 16 heteroatoms. The molecule has 5 rings (SSSR count). The van der Waals surface area contributed by atoms with E-state index < -0.39 is 28.8 Å². The number of ether oxygens (including phenoxy) is 1. The van der Waals surface area contributed by atoms with Gasteiger partial charge in [0.2, 0.25) is 5.56 Å². The number of hydrogen-bond acceptors (Lipinski definition) is 9. The maximum atomic E-state index is 13.7. The van der Waals surface area contributed by atoms with Crippen molar-refractivity contribution in [2.45, 2.75) is 19.0 Å².